The number of anilines is 2. The molecule has 0 atom stereocenters. The summed E-state index contributed by atoms with van der Waals surface area (Å²) in [6.07, 6.45) is -3.38. The second-order valence-electron chi connectivity index (χ2n) is 6.64. The molecule has 3 aromatic rings. The highest BCUT2D eigenvalue weighted by molar-refractivity contribution is 6.31. The van der Waals surface area contributed by atoms with Crippen LogP contribution in [-0.2, 0) is 6.18 Å². The van der Waals surface area contributed by atoms with Crippen molar-refractivity contribution in [3.8, 4) is 11.5 Å². The molecule has 11 heteroatoms. The predicted octanol–water partition coefficient (Wildman–Crippen LogP) is 5.89. The van der Waals surface area contributed by atoms with E-state index in [1.54, 1.807) is 0 Å². The van der Waals surface area contributed by atoms with Crippen molar-refractivity contribution in [2.24, 2.45) is 0 Å². The molecule has 0 spiro atoms. The summed E-state index contributed by atoms with van der Waals surface area (Å²) in [4.78, 5) is 28.9. The number of alkyl halides is 3. The van der Waals surface area contributed by atoms with E-state index in [1.165, 1.54) is 48.7 Å². The first-order chi connectivity index (χ1) is 16.7. The predicted molar refractivity (Wildman–Crippen MR) is 118 cm³/mol. The zero-order valence-corrected chi connectivity index (χ0v) is 17.7. The van der Waals surface area contributed by atoms with Crippen LogP contribution in [0.4, 0.5) is 29.3 Å². The van der Waals surface area contributed by atoms with Gasteiger partial charge in [-0.3, -0.25) is 9.78 Å². The van der Waals surface area contributed by atoms with Gasteiger partial charge in [-0.05, 0) is 48.5 Å². The van der Waals surface area contributed by atoms with Gasteiger partial charge in [0, 0.05) is 41.8 Å². The number of urea groups is 1. The Morgan fingerprint density at radius 1 is 1.03 bits per heavy atom. The Bertz CT molecular complexity index is 1270. The number of benzene rings is 2. The number of amides is 3. The fraction of sp³-hybridized carbons (Fsp3) is 0.136. The number of nitrogens with zero attached hydrogens (tertiary/aromatic N) is 2. The number of ether oxygens (including phenoxy) is 1. The number of pyridine rings is 1. The topological polar surface area (TPSA) is 83.6 Å². The van der Waals surface area contributed by atoms with Gasteiger partial charge in [-0.1, -0.05) is 11.6 Å². The molecule has 0 aliphatic heterocycles. The van der Waals surface area contributed by atoms with E-state index in [-0.39, 0.29) is 17.1 Å². The number of rotatable bonds is 5. The van der Waals surface area contributed by atoms with Crippen molar-refractivity contribution < 1.29 is 31.6 Å². The lowest BCUT2D eigenvalue weighted by atomic mass is 10.2. The SMILES string of the molecule is [2H]C([2H])([2H])N(C)C(=O)c1cc(Oc2ccc(NC(=O)Nc3ccc(Cl)c(C(F)(F)F)c3)cc2)ccn1. The highest BCUT2D eigenvalue weighted by atomic mass is 35.5. The third kappa shape index (κ3) is 6.36. The Hall–Kier alpha value is -3.79. The number of hydrogen-bond donors (Lipinski definition) is 2. The van der Waals surface area contributed by atoms with Gasteiger partial charge in [0.25, 0.3) is 5.91 Å². The minimum Gasteiger partial charge on any atom is -0.457 e. The first kappa shape index (κ1) is 19.9. The summed E-state index contributed by atoms with van der Waals surface area (Å²) in [5, 5.41) is 4.28. The zero-order valence-electron chi connectivity index (χ0n) is 19.9. The van der Waals surface area contributed by atoms with Gasteiger partial charge in [-0.15, -0.1) is 0 Å². The van der Waals surface area contributed by atoms with Crippen LogP contribution in [0.3, 0.4) is 0 Å². The summed E-state index contributed by atoms with van der Waals surface area (Å²) in [5.41, 5.74) is -0.988. The second-order valence-corrected chi connectivity index (χ2v) is 7.05. The zero-order chi connectivity index (χ0) is 26.7. The van der Waals surface area contributed by atoms with Crippen LogP contribution in [0, 0.1) is 0 Å². The van der Waals surface area contributed by atoms with Crippen molar-refractivity contribution in [3.63, 3.8) is 0 Å². The normalized spacial score (nSPS) is 12.7. The van der Waals surface area contributed by atoms with Crippen molar-refractivity contribution in [1.29, 1.82) is 0 Å². The van der Waals surface area contributed by atoms with Gasteiger partial charge < -0.3 is 20.3 Å². The fourth-order valence-electron chi connectivity index (χ4n) is 2.62. The van der Waals surface area contributed by atoms with Crippen molar-refractivity contribution >= 4 is 34.9 Å². The summed E-state index contributed by atoms with van der Waals surface area (Å²) in [5.74, 6) is -0.273. The number of carbonyl (C=O) groups is 2. The maximum absolute atomic E-state index is 13.0. The van der Waals surface area contributed by atoms with Crippen molar-refractivity contribution in [2.75, 3.05) is 24.7 Å². The number of hydrogen-bond acceptors (Lipinski definition) is 4. The fourth-order valence-corrected chi connectivity index (χ4v) is 2.84. The van der Waals surface area contributed by atoms with E-state index in [4.69, 9.17) is 20.5 Å². The summed E-state index contributed by atoms with van der Waals surface area (Å²) < 4.78 is 66.5. The number of nitrogens with one attached hydrogen (secondary N) is 2. The van der Waals surface area contributed by atoms with E-state index in [9.17, 15) is 22.8 Å². The van der Waals surface area contributed by atoms with Crippen LogP contribution in [0.2, 0.25) is 5.02 Å². The quantitative estimate of drug-likeness (QED) is 0.476. The largest absolute Gasteiger partial charge is 0.457 e. The Morgan fingerprint density at radius 3 is 2.36 bits per heavy atom. The standard InChI is InChI=1S/C22H18ClF3N4O3/c1-30(2)20(31)19-12-16(9-10-27-19)33-15-6-3-13(4-7-15)28-21(32)29-14-5-8-18(23)17(11-14)22(24,25)26/h3-12H,1-2H3,(H2,28,29,32)/i1D3. The first-order valence-corrected chi connectivity index (χ1v) is 9.59. The third-order valence-corrected chi connectivity index (χ3v) is 4.46. The maximum Gasteiger partial charge on any atom is 0.417 e. The van der Waals surface area contributed by atoms with Crippen LogP contribution < -0.4 is 15.4 Å². The molecule has 33 heavy (non-hydrogen) atoms. The minimum atomic E-state index is -4.67. The molecule has 0 saturated heterocycles. The molecule has 0 unspecified atom stereocenters. The van der Waals surface area contributed by atoms with Gasteiger partial charge in [-0.25, -0.2) is 4.79 Å². The van der Waals surface area contributed by atoms with Crippen molar-refractivity contribution in [2.45, 2.75) is 6.18 Å². The van der Waals surface area contributed by atoms with Crippen LogP contribution in [-0.4, -0.2) is 35.8 Å². The molecule has 3 rings (SSSR count). The molecule has 0 radical (unpaired) electrons. The molecule has 172 valence electrons. The molecule has 1 aromatic heterocycles. The summed E-state index contributed by atoms with van der Waals surface area (Å²) >= 11 is 5.57. The van der Waals surface area contributed by atoms with Crippen LogP contribution in [0.25, 0.3) is 0 Å². The van der Waals surface area contributed by atoms with Gasteiger partial charge >= 0.3 is 12.2 Å². The Kier molecular flexibility index (Phi) is 5.89. The maximum atomic E-state index is 13.0. The highest BCUT2D eigenvalue weighted by Crippen LogP contribution is 2.36. The number of carbonyl (C=O) groups excluding carboxylic acids is 2. The monoisotopic (exact) mass is 481 g/mol. The summed E-state index contributed by atoms with van der Waals surface area (Å²) in [7, 11) is 1.13. The first-order valence-electron chi connectivity index (χ1n) is 10.7. The molecule has 2 aromatic carbocycles. The van der Waals surface area contributed by atoms with Gasteiger partial charge in [0.2, 0.25) is 0 Å². The third-order valence-electron chi connectivity index (χ3n) is 4.13. The Morgan fingerprint density at radius 2 is 1.70 bits per heavy atom. The van der Waals surface area contributed by atoms with Gasteiger partial charge in [0.05, 0.1) is 10.6 Å². The molecule has 0 bridgehead atoms. The van der Waals surface area contributed by atoms with Crippen molar-refractivity contribution in [1.82, 2.24) is 9.88 Å². The smallest absolute Gasteiger partial charge is 0.417 e. The molecular formula is C22H18ClF3N4O3. The van der Waals surface area contributed by atoms with Crippen LogP contribution in [0.15, 0.2) is 60.8 Å². The number of aromatic nitrogens is 1. The molecule has 7 nitrogen and oxygen atoms in total. The molecular weight excluding hydrogens is 461 g/mol. The average molecular weight is 482 g/mol. The van der Waals surface area contributed by atoms with Crippen molar-refractivity contribution in [3.05, 3.63) is 77.1 Å². The molecule has 0 saturated carbocycles. The van der Waals surface area contributed by atoms with E-state index >= 15 is 0 Å². The summed E-state index contributed by atoms with van der Waals surface area (Å²) in [6.45, 7) is -2.63. The molecule has 0 aliphatic carbocycles. The van der Waals surface area contributed by atoms with Crippen LogP contribution >= 0.6 is 11.6 Å². The minimum absolute atomic E-state index is 0.101. The molecule has 0 aliphatic rings. The highest BCUT2D eigenvalue weighted by Gasteiger charge is 2.33. The lowest BCUT2D eigenvalue weighted by molar-refractivity contribution is -0.137. The summed E-state index contributed by atoms with van der Waals surface area (Å²) in [6, 6.07) is 10.9. The van der Waals surface area contributed by atoms with E-state index in [2.05, 4.69) is 15.6 Å². The van der Waals surface area contributed by atoms with Gasteiger partial charge in [-0.2, -0.15) is 13.2 Å². The Labute approximate surface area is 196 Å². The lowest BCUT2D eigenvalue weighted by Gasteiger charge is -2.13. The van der Waals surface area contributed by atoms with E-state index < -0.39 is 35.7 Å². The van der Waals surface area contributed by atoms with Crippen LogP contribution in [0.5, 0.6) is 11.5 Å². The number of halogens is 4. The lowest BCUT2D eigenvalue weighted by Crippen LogP contribution is -2.22. The molecule has 1 heterocycles. The second kappa shape index (κ2) is 9.78. The van der Waals surface area contributed by atoms with E-state index in [0.717, 1.165) is 19.2 Å². The van der Waals surface area contributed by atoms with E-state index in [1.807, 2.05) is 0 Å². The molecule has 3 amide bonds. The van der Waals surface area contributed by atoms with Gasteiger partial charge in [0.15, 0.2) is 0 Å². The van der Waals surface area contributed by atoms with E-state index in [0.29, 0.717) is 16.3 Å². The van der Waals surface area contributed by atoms with Gasteiger partial charge in [0.1, 0.15) is 17.2 Å². The molecule has 0 fully saturated rings. The molecule has 2 N–H and O–H groups in total. The van der Waals surface area contributed by atoms with Crippen LogP contribution in [0.1, 0.15) is 20.2 Å². The Balaban J connectivity index is 1.63. The average Bonchev–Trinajstić information content (AvgIpc) is 2.79.